The van der Waals surface area contributed by atoms with Gasteiger partial charge in [-0.15, -0.1) is 0 Å². The van der Waals surface area contributed by atoms with E-state index in [0.29, 0.717) is 18.0 Å². The van der Waals surface area contributed by atoms with Crippen LogP contribution in [0.5, 0.6) is 11.5 Å². The summed E-state index contributed by atoms with van der Waals surface area (Å²) in [6.07, 6.45) is 5.53. The van der Waals surface area contributed by atoms with Crippen molar-refractivity contribution in [2.45, 2.75) is 39.8 Å². The van der Waals surface area contributed by atoms with Gasteiger partial charge in [-0.1, -0.05) is 13.8 Å². The van der Waals surface area contributed by atoms with Crippen LogP contribution in [0.2, 0.25) is 0 Å². The fraction of sp³-hybridized carbons (Fsp3) is 0.438. The molecule has 0 bridgehead atoms. The normalized spacial score (nSPS) is 10.8. The largest absolute Gasteiger partial charge is 0.454 e. The molecule has 0 unspecified atom stereocenters. The minimum atomic E-state index is -0.290. The number of rotatable bonds is 8. The van der Waals surface area contributed by atoms with Crippen molar-refractivity contribution >= 4 is 0 Å². The van der Waals surface area contributed by atoms with Crippen molar-refractivity contribution in [2.24, 2.45) is 0 Å². The number of ether oxygens (including phenoxy) is 1. The van der Waals surface area contributed by atoms with E-state index in [0.717, 1.165) is 31.5 Å². The molecule has 2 rings (SSSR count). The first-order valence-electron chi connectivity index (χ1n) is 7.41. The van der Waals surface area contributed by atoms with Crippen molar-refractivity contribution in [3.63, 3.8) is 0 Å². The topological polar surface area (TPSA) is 39.1 Å². The molecule has 0 aliphatic heterocycles. The number of aryl methyl sites for hydroxylation is 1. The Hall–Kier alpha value is -1.88. The van der Waals surface area contributed by atoms with Crippen LogP contribution in [0.25, 0.3) is 0 Å². The van der Waals surface area contributed by atoms with Gasteiger partial charge in [0.2, 0.25) is 0 Å². The van der Waals surface area contributed by atoms with Crippen LogP contribution < -0.4 is 10.1 Å². The lowest BCUT2D eigenvalue weighted by atomic mass is 10.2. The van der Waals surface area contributed by atoms with Crippen LogP contribution >= 0.6 is 0 Å². The average Bonchev–Trinajstić information content (AvgIpc) is 2.86. The Morgan fingerprint density at radius 2 is 2.05 bits per heavy atom. The van der Waals surface area contributed by atoms with E-state index < -0.39 is 0 Å². The summed E-state index contributed by atoms with van der Waals surface area (Å²) in [5.41, 5.74) is 0.874. The van der Waals surface area contributed by atoms with E-state index in [4.69, 9.17) is 4.74 Å². The Kier molecular flexibility index (Phi) is 5.75. The highest BCUT2D eigenvalue weighted by molar-refractivity contribution is 5.33. The molecule has 0 amide bonds. The number of nitrogens with one attached hydrogen (secondary N) is 1. The van der Waals surface area contributed by atoms with Crippen LogP contribution in [0.15, 0.2) is 30.6 Å². The maximum absolute atomic E-state index is 13.6. The second-order valence-electron chi connectivity index (χ2n) is 5.01. The molecule has 0 spiro atoms. The number of hydrogen-bond acceptors (Lipinski definition) is 3. The Balaban J connectivity index is 2.04. The fourth-order valence-corrected chi connectivity index (χ4v) is 2.08. The van der Waals surface area contributed by atoms with E-state index in [1.165, 1.54) is 12.1 Å². The average molecular weight is 291 g/mol. The monoisotopic (exact) mass is 291 g/mol. The smallest absolute Gasteiger partial charge is 0.165 e. The zero-order chi connectivity index (χ0) is 15.1. The van der Waals surface area contributed by atoms with Gasteiger partial charge < -0.3 is 10.1 Å². The Morgan fingerprint density at radius 1 is 1.19 bits per heavy atom. The molecule has 0 aliphatic carbocycles. The van der Waals surface area contributed by atoms with E-state index in [1.54, 1.807) is 6.20 Å². The van der Waals surface area contributed by atoms with Crippen LogP contribution in [0.1, 0.15) is 32.3 Å². The summed E-state index contributed by atoms with van der Waals surface area (Å²) in [4.78, 5) is 0. The maximum Gasteiger partial charge on any atom is 0.165 e. The first-order chi connectivity index (χ1) is 10.2. The van der Waals surface area contributed by atoms with Gasteiger partial charge in [-0.05, 0) is 37.1 Å². The third-order valence-corrected chi connectivity index (χ3v) is 2.98. The van der Waals surface area contributed by atoms with Crippen LogP contribution in [0.3, 0.4) is 0 Å². The number of aromatic nitrogens is 2. The number of halogens is 1. The molecule has 1 aromatic carbocycles. The van der Waals surface area contributed by atoms with E-state index >= 15 is 0 Å². The lowest BCUT2D eigenvalue weighted by Gasteiger charge is -2.07. The Morgan fingerprint density at radius 3 is 2.81 bits per heavy atom. The molecule has 114 valence electrons. The molecule has 0 atom stereocenters. The lowest BCUT2D eigenvalue weighted by molar-refractivity contribution is 0.473. The summed E-state index contributed by atoms with van der Waals surface area (Å²) < 4.78 is 21.1. The molecule has 1 aromatic heterocycles. The molecule has 1 N–H and O–H groups in total. The quantitative estimate of drug-likeness (QED) is 0.753. The molecule has 4 nitrogen and oxygen atoms in total. The highest BCUT2D eigenvalue weighted by Crippen LogP contribution is 2.23. The number of benzene rings is 1. The van der Waals surface area contributed by atoms with Gasteiger partial charge in [0.25, 0.3) is 0 Å². The Labute approximate surface area is 124 Å². The van der Waals surface area contributed by atoms with Crippen molar-refractivity contribution in [2.75, 3.05) is 6.54 Å². The van der Waals surface area contributed by atoms with Gasteiger partial charge >= 0.3 is 0 Å². The first-order valence-corrected chi connectivity index (χ1v) is 7.41. The molecule has 5 heteroatoms. The second-order valence-corrected chi connectivity index (χ2v) is 5.01. The minimum absolute atomic E-state index is 0.290. The third kappa shape index (κ3) is 4.86. The molecule has 0 fully saturated rings. The predicted octanol–water partition coefficient (Wildman–Crippen LogP) is 3.72. The van der Waals surface area contributed by atoms with Gasteiger partial charge in [-0.2, -0.15) is 5.10 Å². The Bertz CT molecular complexity index is 568. The van der Waals surface area contributed by atoms with Crippen molar-refractivity contribution in [1.29, 1.82) is 0 Å². The van der Waals surface area contributed by atoms with Gasteiger partial charge in [0.1, 0.15) is 11.6 Å². The summed E-state index contributed by atoms with van der Waals surface area (Å²) in [5, 5.41) is 7.45. The van der Waals surface area contributed by atoms with Crippen LogP contribution in [0.4, 0.5) is 4.39 Å². The predicted molar refractivity (Wildman–Crippen MR) is 81.0 cm³/mol. The van der Waals surface area contributed by atoms with Crippen LogP contribution in [-0.4, -0.2) is 16.3 Å². The van der Waals surface area contributed by atoms with Gasteiger partial charge in [0.05, 0.1) is 12.4 Å². The highest BCUT2D eigenvalue weighted by atomic mass is 19.1. The van der Waals surface area contributed by atoms with Gasteiger partial charge in [-0.25, -0.2) is 4.39 Å². The molecular formula is C16H22FN3O. The van der Waals surface area contributed by atoms with Crippen molar-refractivity contribution in [3.05, 3.63) is 42.0 Å². The summed E-state index contributed by atoms with van der Waals surface area (Å²) in [6.45, 7) is 6.58. The second kappa shape index (κ2) is 7.78. The van der Waals surface area contributed by atoms with Crippen molar-refractivity contribution in [1.82, 2.24) is 15.1 Å². The number of hydrogen-bond donors (Lipinski definition) is 1. The molecule has 0 saturated carbocycles. The maximum atomic E-state index is 13.6. The zero-order valence-corrected chi connectivity index (χ0v) is 12.6. The summed E-state index contributed by atoms with van der Waals surface area (Å²) in [6, 6.07) is 4.76. The van der Waals surface area contributed by atoms with Crippen LogP contribution in [0, 0.1) is 5.82 Å². The van der Waals surface area contributed by atoms with Gasteiger partial charge in [-0.3, -0.25) is 4.68 Å². The SMILES string of the molecule is CCCNCc1cc(F)cc(Oc2cnn(CCC)c2)c1. The van der Waals surface area contributed by atoms with E-state index in [1.807, 2.05) is 16.9 Å². The zero-order valence-electron chi connectivity index (χ0n) is 12.6. The van der Waals surface area contributed by atoms with Gasteiger partial charge in [0, 0.05) is 19.2 Å². The standard InChI is InChI=1S/C16H22FN3O/c1-3-5-18-10-13-7-14(17)9-15(8-13)21-16-11-19-20(12-16)6-4-2/h7-9,11-12,18H,3-6,10H2,1-2H3. The lowest BCUT2D eigenvalue weighted by Crippen LogP contribution is -2.13. The molecule has 0 radical (unpaired) electrons. The molecule has 21 heavy (non-hydrogen) atoms. The minimum Gasteiger partial charge on any atom is -0.454 e. The van der Waals surface area contributed by atoms with Crippen molar-refractivity contribution < 1.29 is 9.13 Å². The first kappa shape index (κ1) is 15.5. The fourth-order valence-electron chi connectivity index (χ4n) is 2.08. The van der Waals surface area contributed by atoms with Crippen molar-refractivity contribution in [3.8, 4) is 11.5 Å². The van der Waals surface area contributed by atoms with E-state index in [9.17, 15) is 4.39 Å². The molecule has 2 aromatic rings. The molecule has 0 aliphatic rings. The van der Waals surface area contributed by atoms with E-state index in [-0.39, 0.29) is 5.82 Å². The van der Waals surface area contributed by atoms with E-state index in [2.05, 4.69) is 24.3 Å². The van der Waals surface area contributed by atoms with Crippen LogP contribution in [-0.2, 0) is 13.1 Å². The van der Waals surface area contributed by atoms with Gasteiger partial charge in [0.15, 0.2) is 5.75 Å². The molecule has 0 saturated heterocycles. The third-order valence-electron chi connectivity index (χ3n) is 2.98. The highest BCUT2D eigenvalue weighted by Gasteiger charge is 2.05. The summed E-state index contributed by atoms with van der Waals surface area (Å²) >= 11 is 0. The number of nitrogens with zero attached hydrogens (tertiary/aromatic N) is 2. The summed E-state index contributed by atoms with van der Waals surface area (Å²) in [5.74, 6) is 0.836. The molecular weight excluding hydrogens is 269 g/mol. The molecule has 1 heterocycles. The summed E-state index contributed by atoms with van der Waals surface area (Å²) in [7, 11) is 0.